The maximum atomic E-state index is 12.7. The summed E-state index contributed by atoms with van der Waals surface area (Å²) in [6.07, 6.45) is 6.86. The summed E-state index contributed by atoms with van der Waals surface area (Å²) in [6, 6.07) is 17.4. The number of carboxylic acids is 2. The number of aryl methyl sites for hydroxylation is 1. The Bertz CT molecular complexity index is 1040. The molecule has 0 bridgehead atoms. The van der Waals surface area contributed by atoms with Gasteiger partial charge in [0.25, 0.3) is 5.91 Å². The molecule has 35 heavy (non-hydrogen) atoms. The monoisotopic (exact) mass is 478 g/mol. The van der Waals surface area contributed by atoms with Gasteiger partial charge in [0, 0.05) is 36.8 Å². The van der Waals surface area contributed by atoms with Crippen LogP contribution >= 0.6 is 0 Å². The second kappa shape index (κ2) is 12.9. The lowest BCUT2D eigenvalue weighted by Gasteiger charge is -2.34. The molecule has 0 radical (unpaired) electrons. The van der Waals surface area contributed by atoms with Gasteiger partial charge in [0.15, 0.2) is 0 Å². The molecule has 4 rings (SSSR count). The van der Waals surface area contributed by atoms with Crippen LogP contribution in [0.3, 0.4) is 0 Å². The number of carbonyl (C=O) groups is 3. The highest BCUT2D eigenvalue weighted by Gasteiger charge is 2.26. The highest BCUT2D eigenvalue weighted by atomic mass is 16.4. The fraction of sp³-hybridized carbons (Fsp3) is 0.393. The number of likely N-dealkylation sites (tertiary alicyclic amines) is 1. The molecule has 7 nitrogen and oxygen atoms in total. The van der Waals surface area contributed by atoms with Crippen LogP contribution in [0.4, 0.5) is 0 Å². The van der Waals surface area contributed by atoms with E-state index in [1.807, 2.05) is 36.1 Å². The molecule has 2 aromatic rings. The quantitative estimate of drug-likeness (QED) is 0.566. The van der Waals surface area contributed by atoms with E-state index in [-0.39, 0.29) is 5.91 Å². The molecule has 0 aromatic heterocycles. The number of nitrogens with one attached hydrogen (secondary N) is 1. The summed E-state index contributed by atoms with van der Waals surface area (Å²) in [7, 11) is 0. The minimum atomic E-state index is -1.26. The van der Waals surface area contributed by atoms with Gasteiger partial charge in [-0.2, -0.15) is 0 Å². The van der Waals surface area contributed by atoms with Gasteiger partial charge in [0.2, 0.25) is 0 Å². The number of amides is 1. The number of carbonyl (C=O) groups excluding carboxylic acids is 1. The van der Waals surface area contributed by atoms with Gasteiger partial charge in [0.05, 0.1) is 0 Å². The Hall–Kier alpha value is -3.45. The number of carboxylic acid groups (broad SMARTS) is 2. The van der Waals surface area contributed by atoms with Gasteiger partial charge in [0.1, 0.15) is 0 Å². The van der Waals surface area contributed by atoms with Crippen LogP contribution in [0, 0.1) is 12.8 Å². The van der Waals surface area contributed by atoms with Crippen LogP contribution in [-0.4, -0.2) is 58.6 Å². The predicted molar refractivity (Wildman–Crippen MR) is 134 cm³/mol. The van der Waals surface area contributed by atoms with Crippen LogP contribution in [0.25, 0.3) is 0 Å². The molecule has 3 N–H and O–H groups in total. The first-order chi connectivity index (χ1) is 16.8. The largest absolute Gasteiger partial charge is 0.478 e. The standard InChI is InChI=1S/C24H30N2O.C4H4O4/c1-18-5-4-8-22(15-18)24(27)26-13-10-19(11-14-26)16-23-17-21-7-3-2-6-20(21)9-12-25-23;5-3(6)1-2-4(7)8/h2-8,15,19,23,25H,9-14,16-17H2,1H3;1-2H,(H,5,6)(H,7,8). The third-order valence-corrected chi connectivity index (χ3v) is 6.57. The van der Waals surface area contributed by atoms with Crippen LogP contribution in [0.2, 0.25) is 0 Å². The Labute approximate surface area is 206 Å². The molecule has 1 atom stereocenters. The fourth-order valence-electron chi connectivity index (χ4n) is 4.79. The van der Waals surface area contributed by atoms with Gasteiger partial charge in [-0.25, -0.2) is 9.59 Å². The van der Waals surface area contributed by atoms with Crippen LogP contribution in [0.5, 0.6) is 0 Å². The molecule has 2 aliphatic heterocycles. The second-order valence-electron chi connectivity index (χ2n) is 9.22. The Morgan fingerprint density at radius 1 is 0.971 bits per heavy atom. The SMILES string of the molecule is Cc1cccc(C(=O)N2CCC(CC3Cc4ccccc4CCN3)CC2)c1.O=C(O)C=CC(=O)O. The van der Waals surface area contributed by atoms with Crippen LogP contribution in [0.15, 0.2) is 60.7 Å². The Balaban J connectivity index is 0.000000371. The van der Waals surface area contributed by atoms with Crippen molar-refractivity contribution in [1.82, 2.24) is 10.2 Å². The van der Waals surface area contributed by atoms with Crippen LogP contribution in [-0.2, 0) is 22.4 Å². The van der Waals surface area contributed by atoms with Crippen molar-refractivity contribution in [2.24, 2.45) is 5.92 Å². The highest BCUT2D eigenvalue weighted by Crippen LogP contribution is 2.26. The molecule has 2 aromatic carbocycles. The number of hydrogen-bond donors (Lipinski definition) is 3. The van der Waals surface area contributed by atoms with Crippen molar-refractivity contribution in [1.29, 1.82) is 0 Å². The molecule has 1 fully saturated rings. The number of piperidine rings is 1. The molecule has 0 aliphatic carbocycles. The summed E-state index contributed by atoms with van der Waals surface area (Å²) < 4.78 is 0. The Kier molecular flexibility index (Phi) is 9.61. The summed E-state index contributed by atoms with van der Waals surface area (Å²) in [5, 5.41) is 19.4. The first-order valence-electron chi connectivity index (χ1n) is 12.1. The lowest BCUT2D eigenvalue weighted by atomic mass is 9.87. The first-order valence-corrected chi connectivity index (χ1v) is 12.1. The predicted octanol–water partition coefficient (Wildman–Crippen LogP) is 3.71. The Morgan fingerprint density at radius 3 is 2.26 bits per heavy atom. The van der Waals surface area contributed by atoms with Gasteiger partial charge < -0.3 is 20.4 Å². The molecule has 186 valence electrons. The van der Waals surface area contributed by atoms with Crippen molar-refractivity contribution in [3.63, 3.8) is 0 Å². The second-order valence-corrected chi connectivity index (χ2v) is 9.22. The number of hydrogen-bond acceptors (Lipinski definition) is 4. The third kappa shape index (κ3) is 8.37. The number of aliphatic carboxylic acids is 2. The maximum absolute atomic E-state index is 12.7. The fourth-order valence-corrected chi connectivity index (χ4v) is 4.79. The zero-order chi connectivity index (χ0) is 25.2. The van der Waals surface area contributed by atoms with Gasteiger partial charge in [-0.15, -0.1) is 0 Å². The topological polar surface area (TPSA) is 107 Å². The van der Waals surface area contributed by atoms with E-state index in [9.17, 15) is 14.4 Å². The third-order valence-electron chi connectivity index (χ3n) is 6.57. The van der Waals surface area contributed by atoms with E-state index in [0.29, 0.717) is 24.1 Å². The number of benzene rings is 2. The first kappa shape index (κ1) is 26.2. The molecular weight excluding hydrogens is 444 g/mol. The lowest BCUT2D eigenvalue weighted by molar-refractivity contribution is -0.134. The molecule has 1 unspecified atom stereocenters. The zero-order valence-electron chi connectivity index (χ0n) is 20.2. The number of fused-ring (bicyclic) bond motifs is 1. The van der Waals surface area contributed by atoms with E-state index in [2.05, 4.69) is 29.6 Å². The summed E-state index contributed by atoms with van der Waals surface area (Å²) in [4.78, 5) is 33.9. The molecule has 7 heteroatoms. The number of rotatable bonds is 5. The molecule has 1 saturated heterocycles. The summed E-state index contributed by atoms with van der Waals surface area (Å²) in [5.41, 5.74) is 5.00. The van der Waals surface area contributed by atoms with E-state index in [1.54, 1.807) is 0 Å². The van der Waals surface area contributed by atoms with E-state index < -0.39 is 11.9 Å². The van der Waals surface area contributed by atoms with Crippen LogP contribution in [0.1, 0.15) is 46.3 Å². The van der Waals surface area contributed by atoms with Gasteiger partial charge in [-0.05, 0) is 74.8 Å². The molecular formula is C28H34N2O5. The lowest BCUT2D eigenvalue weighted by Crippen LogP contribution is -2.41. The highest BCUT2D eigenvalue weighted by molar-refractivity contribution is 5.94. The van der Waals surface area contributed by atoms with Crippen molar-refractivity contribution in [2.45, 2.75) is 45.1 Å². The molecule has 0 saturated carbocycles. The van der Waals surface area contributed by atoms with Gasteiger partial charge >= 0.3 is 11.9 Å². The van der Waals surface area contributed by atoms with Gasteiger partial charge in [-0.3, -0.25) is 4.79 Å². The molecule has 0 spiro atoms. The van der Waals surface area contributed by atoms with Crippen molar-refractivity contribution in [3.8, 4) is 0 Å². The zero-order valence-corrected chi connectivity index (χ0v) is 20.2. The summed E-state index contributed by atoms with van der Waals surface area (Å²) in [5.74, 6) is -1.60. The smallest absolute Gasteiger partial charge is 0.328 e. The van der Waals surface area contributed by atoms with Crippen molar-refractivity contribution < 1.29 is 24.6 Å². The van der Waals surface area contributed by atoms with E-state index in [0.717, 1.165) is 56.4 Å². The summed E-state index contributed by atoms with van der Waals surface area (Å²) in [6.45, 7) is 4.90. The minimum absolute atomic E-state index is 0.193. The molecule has 2 heterocycles. The Morgan fingerprint density at radius 2 is 1.63 bits per heavy atom. The number of nitrogens with zero attached hydrogens (tertiary/aromatic N) is 1. The molecule has 1 amide bonds. The van der Waals surface area contributed by atoms with E-state index in [4.69, 9.17) is 10.2 Å². The summed E-state index contributed by atoms with van der Waals surface area (Å²) >= 11 is 0. The van der Waals surface area contributed by atoms with Crippen LogP contribution < -0.4 is 5.32 Å². The van der Waals surface area contributed by atoms with Crippen molar-refractivity contribution >= 4 is 17.8 Å². The average Bonchev–Trinajstić information content (AvgIpc) is 3.05. The van der Waals surface area contributed by atoms with Crippen molar-refractivity contribution in [2.75, 3.05) is 19.6 Å². The normalized spacial score (nSPS) is 18.2. The average molecular weight is 479 g/mol. The molecule has 2 aliphatic rings. The van der Waals surface area contributed by atoms with Crippen molar-refractivity contribution in [3.05, 3.63) is 82.9 Å². The maximum Gasteiger partial charge on any atom is 0.328 e. The van der Waals surface area contributed by atoms with E-state index >= 15 is 0 Å². The van der Waals surface area contributed by atoms with Gasteiger partial charge in [-0.1, -0.05) is 42.0 Å². The van der Waals surface area contributed by atoms with E-state index in [1.165, 1.54) is 17.5 Å². The minimum Gasteiger partial charge on any atom is -0.478 e.